The van der Waals surface area contributed by atoms with Crippen LogP contribution in [0.1, 0.15) is 51.9 Å². The second-order valence-electron chi connectivity index (χ2n) is 6.09. The molecule has 4 nitrogen and oxygen atoms in total. The molecule has 0 aromatic carbocycles. The van der Waals surface area contributed by atoms with Crippen LogP contribution in [0.4, 0.5) is 0 Å². The molecule has 3 aliphatic rings. The molecule has 0 radical (unpaired) electrons. The van der Waals surface area contributed by atoms with E-state index in [1.54, 1.807) is 0 Å². The van der Waals surface area contributed by atoms with Crippen LogP contribution in [0.25, 0.3) is 0 Å². The van der Waals surface area contributed by atoms with Crippen LogP contribution in [0.5, 0.6) is 0 Å². The van der Waals surface area contributed by atoms with E-state index in [2.05, 4.69) is 22.5 Å². The van der Waals surface area contributed by atoms with Crippen LogP contribution in [0.15, 0.2) is 4.99 Å². The van der Waals surface area contributed by atoms with Gasteiger partial charge in [0.1, 0.15) is 5.54 Å². The first kappa shape index (κ1) is 12.0. The van der Waals surface area contributed by atoms with E-state index in [4.69, 9.17) is 0 Å². The van der Waals surface area contributed by atoms with Gasteiger partial charge in [0.25, 0.3) is 5.91 Å². The Morgan fingerprint density at radius 2 is 2.17 bits per heavy atom. The molecule has 4 heteroatoms. The smallest absolute Gasteiger partial charge is 0.252 e. The predicted molar refractivity (Wildman–Crippen MR) is 71.3 cm³/mol. The maximum atomic E-state index is 12.3. The minimum Gasteiger partial charge on any atom is -0.342 e. The fourth-order valence-electron chi connectivity index (χ4n) is 3.45. The summed E-state index contributed by atoms with van der Waals surface area (Å²) in [5.41, 5.74) is -0.335. The molecule has 2 saturated carbocycles. The van der Waals surface area contributed by atoms with Crippen molar-refractivity contribution in [2.75, 3.05) is 6.54 Å². The average molecular weight is 249 g/mol. The molecule has 2 aliphatic carbocycles. The van der Waals surface area contributed by atoms with E-state index in [1.165, 1.54) is 25.7 Å². The summed E-state index contributed by atoms with van der Waals surface area (Å²) in [4.78, 5) is 16.7. The van der Waals surface area contributed by atoms with E-state index < -0.39 is 0 Å². The molecular weight excluding hydrogens is 226 g/mol. The summed E-state index contributed by atoms with van der Waals surface area (Å²) in [6, 6.07) is 0. The van der Waals surface area contributed by atoms with Crippen molar-refractivity contribution in [2.45, 2.75) is 57.4 Å². The minimum absolute atomic E-state index is 0.155. The molecule has 0 aromatic rings. The van der Waals surface area contributed by atoms with E-state index >= 15 is 0 Å². The van der Waals surface area contributed by atoms with E-state index in [1.807, 2.05) is 0 Å². The summed E-state index contributed by atoms with van der Waals surface area (Å²) in [6.07, 6.45) is 8.21. The van der Waals surface area contributed by atoms with E-state index in [0.717, 1.165) is 37.6 Å². The van der Waals surface area contributed by atoms with Crippen molar-refractivity contribution in [1.82, 2.24) is 10.6 Å². The SMILES string of the molecule is CCCN=C1NC(=O)C2(CCCC(C3CC3)C2)N1. The van der Waals surface area contributed by atoms with Crippen LogP contribution in [0.2, 0.25) is 0 Å². The molecular formula is C14H23N3O. The Hall–Kier alpha value is -1.06. The monoisotopic (exact) mass is 249 g/mol. The molecule has 0 bridgehead atoms. The zero-order chi connectivity index (χ0) is 12.6. The molecule has 100 valence electrons. The zero-order valence-electron chi connectivity index (χ0n) is 11.2. The van der Waals surface area contributed by atoms with Gasteiger partial charge in [0.2, 0.25) is 0 Å². The number of aliphatic imine (C=N–C) groups is 1. The number of amides is 1. The Kier molecular flexibility index (Phi) is 3.04. The van der Waals surface area contributed by atoms with Crippen molar-refractivity contribution in [1.29, 1.82) is 0 Å². The van der Waals surface area contributed by atoms with Gasteiger partial charge < -0.3 is 5.32 Å². The Morgan fingerprint density at radius 3 is 2.89 bits per heavy atom. The van der Waals surface area contributed by atoms with Crippen molar-refractivity contribution in [2.24, 2.45) is 16.8 Å². The van der Waals surface area contributed by atoms with Crippen molar-refractivity contribution in [3.8, 4) is 0 Å². The second kappa shape index (κ2) is 4.56. The molecule has 18 heavy (non-hydrogen) atoms. The highest BCUT2D eigenvalue weighted by Gasteiger charge is 2.50. The maximum Gasteiger partial charge on any atom is 0.252 e. The normalized spacial score (nSPS) is 37.9. The highest BCUT2D eigenvalue weighted by atomic mass is 16.2. The van der Waals surface area contributed by atoms with Crippen LogP contribution in [-0.4, -0.2) is 24.0 Å². The summed E-state index contributed by atoms with van der Waals surface area (Å²) < 4.78 is 0. The largest absolute Gasteiger partial charge is 0.342 e. The zero-order valence-corrected chi connectivity index (χ0v) is 11.2. The van der Waals surface area contributed by atoms with Gasteiger partial charge in [-0.1, -0.05) is 13.3 Å². The lowest BCUT2D eigenvalue weighted by Gasteiger charge is -2.35. The van der Waals surface area contributed by atoms with Gasteiger partial charge in [-0.05, 0) is 50.4 Å². The lowest BCUT2D eigenvalue weighted by Crippen LogP contribution is -2.50. The van der Waals surface area contributed by atoms with Crippen LogP contribution in [0, 0.1) is 11.8 Å². The first-order chi connectivity index (χ1) is 8.73. The van der Waals surface area contributed by atoms with Crippen molar-refractivity contribution >= 4 is 11.9 Å². The number of nitrogens with one attached hydrogen (secondary N) is 2. The van der Waals surface area contributed by atoms with Gasteiger partial charge in [0, 0.05) is 6.54 Å². The topological polar surface area (TPSA) is 53.5 Å². The summed E-state index contributed by atoms with van der Waals surface area (Å²) in [5, 5.41) is 6.32. The molecule has 1 saturated heterocycles. The Labute approximate surface area is 109 Å². The number of rotatable bonds is 3. The second-order valence-corrected chi connectivity index (χ2v) is 6.09. The fourth-order valence-corrected chi connectivity index (χ4v) is 3.45. The Balaban J connectivity index is 1.71. The molecule has 0 aromatic heterocycles. The van der Waals surface area contributed by atoms with Gasteiger partial charge in [0.05, 0.1) is 0 Å². The molecule has 2 N–H and O–H groups in total. The molecule has 3 rings (SSSR count). The lowest BCUT2D eigenvalue weighted by atomic mass is 9.74. The molecule has 2 unspecified atom stereocenters. The quantitative estimate of drug-likeness (QED) is 0.801. The summed E-state index contributed by atoms with van der Waals surface area (Å²) in [7, 11) is 0. The minimum atomic E-state index is -0.335. The molecule has 2 atom stereocenters. The van der Waals surface area contributed by atoms with E-state index in [9.17, 15) is 4.79 Å². The number of hydrogen-bond donors (Lipinski definition) is 2. The summed E-state index contributed by atoms with van der Waals surface area (Å²) in [5.74, 6) is 2.51. The number of hydrogen-bond acceptors (Lipinski definition) is 2. The number of guanidine groups is 1. The number of carbonyl (C=O) groups is 1. The molecule has 1 heterocycles. The van der Waals surface area contributed by atoms with Gasteiger partial charge in [-0.2, -0.15) is 0 Å². The standard InChI is InChI=1S/C14H23N3O/c1-2-8-15-13-16-12(18)14(17-13)7-3-4-11(9-14)10-5-6-10/h10-11H,2-9H2,1H3,(H2,15,16,17,18). The molecule has 3 fully saturated rings. The first-order valence-corrected chi connectivity index (χ1v) is 7.37. The fraction of sp³-hybridized carbons (Fsp3) is 0.857. The third-order valence-corrected chi connectivity index (χ3v) is 4.60. The number of nitrogens with zero attached hydrogens (tertiary/aromatic N) is 1. The lowest BCUT2D eigenvalue weighted by molar-refractivity contribution is -0.125. The van der Waals surface area contributed by atoms with Crippen LogP contribution >= 0.6 is 0 Å². The van der Waals surface area contributed by atoms with E-state index in [-0.39, 0.29) is 11.4 Å². The summed E-state index contributed by atoms with van der Waals surface area (Å²) >= 11 is 0. The van der Waals surface area contributed by atoms with Crippen LogP contribution < -0.4 is 10.6 Å². The number of carbonyl (C=O) groups excluding carboxylic acids is 1. The molecule has 1 aliphatic heterocycles. The maximum absolute atomic E-state index is 12.3. The van der Waals surface area contributed by atoms with Crippen LogP contribution in [0.3, 0.4) is 0 Å². The third-order valence-electron chi connectivity index (χ3n) is 4.60. The predicted octanol–water partition coefficient (Wildman–Crippen LogP) is 1.81. The average Bonchev–Trinajstić information content (AvgIpc) is 3.16. The van der Waals surface area contributed by atoms with Gasteiger partial charge in [-0.25, -0.2) is 0 Å². The highest BCUT2D eigenvalue weighted by molar-refractivity contribution is 6.09. The van der Waals surface area contributed by atoms with Gasteiger partial charge >= 0.3 is 0 Å². The van der Waals surface area contributed by atoms with Crippen molar-refractivity contribution < 1.29 is 4.79 Å². The molecule has 1 spiro atoms. The van der Waals surface area contributed by atoms with Crippen LogP contribution in [-0.2, 0) is 4.79 Å². The highest BCUT2D eigenvalue weighted by Crippen LogP contribution is 2.47. The van der Waals surface area contributed by atoms with Crippen molar-refractivity contribution in [3.05, 3.63) is 0 Å². The third kappa shape index (κ3) is 2.13. The van der Waals surface area contributed by atoms with Gasteiger partial charge in [-0.3, -0.25) is 15.1 Å². The Bertz CT molecular complexity index is 375. The van der Waals surface area contributed by atoms with E-state index in [0.29, 0.717) is 5.96 Å². The Morgan fingerprint density at radius 1 is 1.33 bits per heavy atom. The molecule has 1 amide bonds. The van der Waals surface area contributed by atoms with Gasteiger partial charge in [-0.15, -0.1) is 0 Å². The van der Waals surface area contributed by atoms with Gasteiger partial charge in [0.15, 0.2) is 5.96 Å². The first-order valence-electron chi connectivity index (χ1n) is 7.37. The van der Waals surface area contributed by atoms with Crippen molar-refractivity contribution in [3.63, 3.8) is 0 Å². The summed E-state index contributed by atoms with van der Waals surface area (Å²) in [6.45, 7) is 2.88.